The number of benzene rings is 1. The summed E-state index contributed by atoms with van der Waals surface area (Å²) in [5, 5.41) is 5.45. The molecule has 0 aliphatic rings. The third-order valence-corrected chi connectivity index (χ3v) is 1.39. The van der Waals surface area contributed by atoms with Crippen molar-refractivity contribution in [1.29, 1.82) is 0 Å². The lowest BCUT2D eigenvalue weighted by Crippen LogP contribution is -2.14. The smallest absolute Gasteiger partial charge is 0.158 e. The van der Waals surface area contributed by atoms with E-state index in [-0.39, 0.29) is 5.84 Å². The molecule has 0 aliphatic carbocycles. The molecule has 5 nitrogen and oxygen atoms in total. The summed E-state index contributed by atoms with van der Waals surface area (Å²) in [6.07, 6.45) is 0. The monoisotopic (exact) mass is 164 g/mol. The maximum atomic E-state index is 9.74. The lowest BCUT2D eigenvalue weighted by atomic mass is 10.2. The average Bonchev–Trinajstić information content (AvgIpc) is 2.05. The largest absolute Gasteiger partial charge is 0.398 e. The van der Waals surface area contributed by atoms with E-state index < -0.39 is 0 Å². The molecule has 0 atom stereocenters. The summed E-state index contributed by atoms with van der Waals surface area (Å²) in [6.45, 7) is 0. The Hall–Kier alpha value is -1.91. The van der Waals surface area contributed by atoms with E-state index in [0.717, 1.165) is 0 Å². The molecule has 0 radical (unpaired) electrons. The molecule has 1 aromatic rings. The minimum absolute atomic E-state index is 0.0306. The molecule has 0 heterocycles. The van der Waals surface area contributed by atoms with Crippen LogP contribution in [-0.2, 0) is 0 Å². The number of anilines is 1. The van der Waals surface area contributed by atoms with E-state index in [4.69, 9.17) is 11.5 Å². The first-order valence-electron chi connectivity index (χ1n) is 3.26. The van der Waals surface area contributed by atoms with Gasteiger partial charge in [0.15, 0.2) is 5.84 Å². The quantitative estimate of drug-likeness (QED) is 0.221. The van der Waals surface area contributed by atoms with Crippen LogP contribution in [0.2, 0.25) is 0 Å². The van der Waals surface area contributed by atoms with Gasteiger partial charge in [-0.15, -0.1) is 4.91 Å². The van der Waals surface area contributed by atoms with Gasteiger partial charge in [0.25, 0.3) is 0 Å². The number of nitrogen functional groups attached to an aromatic ring is 1. The average molecular weight is 164 g/mol. The highest BCUT2D eigenvalue weighted by Crippen LogP contribution is 2.09. The number of para-hydroxylation sites is 1. The summed E-state index contributed by atoms with van der Waals surface area (Å²) in [7, 11) is 0. The molecule has 0 saturated carbocycles. The molecule has 0 saturated heterocycles. The van der Waals surface area contributed by atoms with E-state index in [2.05, 4.69) is 10.4 Å². The van der Waals surface area contributed by atoms with Gasteiger partial charge in [0.1, 0.15) is 0 Å². The van der Waals surface area contributed by atoms with Crippen LogP contribution in [0.5, 0.6) is 0 Å². The van der Waals surface area contributed by atoms with Gasteiger partial charge < -0.3 is 11.5 Å². The molecule has 5 heteroatoms. The van der Waals surface area contributed by atoms with Gasteiger partial charge in [-0.05, 0) is 12.1 Å². The van der Waals surface area contributed by atoms with Crippen molar-refractivity contribution in [2.45, 2.75) is 0 Å². The van der Waals surface area contributed by atoms with Crippen molar-refractivity contribution in [1.82, 2.24) is 0 Å². The topological polar surface area (TPSA) is 93.8 Å². The van der Waals surface area contributed by atoms with Crippen molar-refractivity contribution in [2.24, 2.45) is 16.1 Å². The number of hydrogen-bond acceptors (Lipinski definition) is 3. The standard InChI is InChI=1S/C7H8N4O/c8-6-4-2-1-3-5(6)7(9)10-11-12/h1-4H,8H2,(H2,9,10,12). The van der Waals surface area contributed by atoms with Crippen molar-refractivity contribution >= 4 is 11.5 Å². The van der Waals surface area contributed by atoms with Crippen LogP contribution < -0.4 is 11.5 Å². The fourth-order valence-corrected chi connectivity index (χ4v) is 0.828. The van der Waals surface area contributed by atoms with Gasteiger partial charge in [-0.25, -0.2) is 0 Å². The number of rotatable bonds is 2. The van der Waals surface area contributed by atoms with Crippen molar-refractivity contribution in [3.8, 4) is 0 Å². The van der Waals surface area contributed by atoms with Crippen LogP contribution >= 0.6 is 0 Å². The Kier molecular flexibility index (Phi) is 2.37. The third kappa shape index (κ3) is 1.57. The Morgan fingerprint density at radius 1 is 1.33 bits per heavy atom. The van der Waals surface area contributed by atoms with Crippen LogP contribution in [0.15, 0.2) is 34.7 Å². The van der Waals surface area contributed by atoms with Crippen LogP contribution in [0.4, 0.5) is 5.69 Å². The summed E-state index contributed by atoms with van der Waals surface area (Å²) >= 11 is 0. The predicted molar refractivity (Wildman–Crippen MR) is 47.4 cm³/mol. The van der Waals surface area contributed by atoms with Gasteiger partial charge >= 0.3 is 0 Å². The van der Waals surface area contributed by atoms with E-state index in [1.165, 1.54) is 0 Å². The SMILES string of the molecule is N/C(=N\N=O)c1ccccc1N. The Morgan fingerprint density at radius 2 is 2.00 bits per heavy atom. The van der Waals surface area contributed by atoms with Gasteiger partial charge in [-0.3, -0.25) is 0 Å². The summed E-state index contributed by atoms with van der Waals surface area (Å²) in [5.41, 5.74) is 11.9. The second-order valence-electron chi connectivity index (χ2n) is 2.15. The molecule has 1 rings (SSSR count). The normalized spacial score (nSPS) is 11.2. The van der Waals surface area contributed by atoms with Crippen LogP contribution in [-0.4, -0.2) is 5.84 Å². The minimum atomic E-state index is 0.0306. The van der Waals surface area contributed by atoms with Crippen molar-refractivity contribution in [3.05, 3.63) is 34.7 Å². The Balaban J connectivity index is 3.10. The highest BCUT2D eigenvalue weighted by molar-refractivity contribution is 6.01. The molecule has 4 N–H and O–H groups in total. The Bertz CT molecular complexity index is 321. The zero-order valence-corrected chi connectivity index (χ0v) is 6.27. The first kappa shape index (κ1) is 8.19. The zero-order valence-electron chi connectivity index (χ0n) is 6.27. The van der Waals surface area contributed by atoms with E-state index in [0.29, 0.717) is 11.3 Å². The summed E-state index contributed by atoms with van der Waals surface area (Å²) in [5.74, 6) is 0.0306. The third-order valence-electron chi connectivity index (χ3n) is 1.39. The maximum Gasteiger partial charge on any atom is 0.158 e. The first-order chi connectivity index (χ1) is 5.75. The molecule has 62 valence electrons. The fourth-order valence-electron chi connectivity index (χ4n) is 0.828. The van der Waals surface area contributed by atoms with Gasteiger partial charge in [0, 0.05) is 11.3 Å². The van der Waals surface area contributed by atoms with Crippen LogP contribution in [0, 0.1) is 4.91 Å². The lowest BCUT2D eigenvalue weighted by molar-refractivity contribution is 1.20. The molecule has 0 aliphatic heterocycles. The number of nitrogens with zero attached hydrogens (tertiary/aromatic N) is 2. The fraction of sp³-hybridized carbons (Fsp3) is 0. The summed E-state index contributed by atoms with van der Waals surface area (Å²) in [4.78, 5) is 9.74. The molecular formula is C7H8N4O. The molecular weight excluding hydrogens is 156 g/mol. The highest BCUT2D eigenvalue weighted by Gasteiger charge is 2.01. The molecule has 0 spiro atoms. The van der Waals surface area contributed by atoms with Gasteiger partial charge in [0.2, 0.25) is 0 Å². The molecule has 0 aromatic heterocycles. The van der Waals surface area contributed by atoms with E-state index in [9.17, 15) is 4.91 Å². The van der Waals surface area contributed by atoms with Crippen molar-refractivity contribution in [2.75, 3.05) is 5.73 Å². The van der Waals surface area contributed by atoms with Gasteiger partial charge in [-0.1, -0.05) is 17.2 Å². The number of nitroso groups, excluding NO2 is 1. The Labute approximate surface area is 69.0 Å². The van der Waals surface area contributed by atoms with E-state index in [1.54, 1.807) is 24.3 Å². The summed E-state index contributed by atoms with van der Waals surface area (Å²) < 4.78 is 0. The summed E-state index contributed by atoms with van der Waals surface area (Å²) in [6, 6.07) is 6.85. The van der Waals surface area contributed by atoms with Crippen LogP contribution in [0.3, 0.4) is 0 Å². The molecule has 0 fully saturated rings. The van der Waals surface area contributed by atoms with E-state index in [1.807, 2.05) is 0 Å². The zero-order chi connectivity index (χ0) is 8.97. The molecule has 0 unspecified atom stereocenters. The predicted octanol–water partition coefficient (Wildman–Crippen LogP) is 0.656. The first-order valence-corrected chi connectivity index (χ1v) is 3.26. The second kappa shape index (κ2) is 3.47. The van der Waals surface area contributed by atoms with Gasteiger partial charge in [-0.2, -0.15) is 0 Å². The molecule has 1 aromatic carbocycles. The maximum absolute atomic E-state index is 9.74. The van der Waals surface area contributed by atoms with Crippen LogP contribution in [0.1, 0.15) is 5.56 Å². The highest BCUT2D eigenvalue weighted by atomic mass is 16.3. The Morgan fingerprint density at radius 3 is 2.58 bits per heavy atom. The number of amidine groups is 1. The van der Waals surface area contributed by atoms with Crippen LogP contribution in [0.25, 0.3) is 0 Å². The number of nitrogens with two attached hydrogens (primary N) is 2. The van der Waals surface area contributed by atoms with Gasteiger partial charge in [0.05, 0.1) is 5.29 Å². The second-order valence-corrected chi connectivity index (χ2v) is 2.15. The molecule has 12 heavy (non-hydrogen) atoms. The molecule has 0 amide bonds. The van der Waals surface area contributed by atoms with Crippen molar-refractivity contribution < 1.29 is 0 Å². The molecule has 0 bridgehead atoms. The van der Waals surface area contributed by atoms with Crippen molar-refractivity contribution in [3.63, 3.8) is 0 Å². The number of hydrogen-bond donors (Lipinski definition) is 2. The van der Waals surface area contributed by atoms with E-state index >= 15 is 0 Å². The minimum Gasteiger partial charge on any atom is -0.398 e. The lowest BCUT2D eigenvalue weighted by Gasteiger charge is -2.00.